The molecule has 0 spiro atoms. The number of aliphatic hydroxyl groups is 1. The molecule has 0 saturated heterocycles. The minimum Gasteiger partial charge on any atom is -0.396 e. The van der Waals surface area contributed by atoms with E-state index in [1.165, 1.54) is 0 Å². The molecule has 26 heavy (non-hydrogen) atoms. The number of allylic oxidation sites excluding steroid dienone is 8. The zero-order chi connectivity index (χ0) is 19.1. The number of unbranched alkanes of at least 4 members (excludes halogenated alkanes) is 4. The summed E-state index contributed by atoms with van der Waals surface area (Å²) in [5.74, 6) is 0.179. The van der Waals surface area contributed by atoms with Crippen molar-refractivity contribution in [3.63, 3.8) is 0 Å². The summed E-state index contributed by atoms with van der Waals surface area (Å²) in [4.78, 5) is 11.5. The number of carbonyl (C=O) groups is 1. The van der Waals surface area contributed by atoms with Crippen molar-refractivity contribution in [2.24, 2.45) is 0 Å². The number of carbonyl (C=O) groups excluding carboxylic acids is 1. The van der Waals surface area contributed by atoms with Gasteiger partial charge in [-0.15, -0.1) is 0 Å². The zero-order valence-electron chi connectivity index (χ0n) is 16.7. The molecule has 0 aromatic heterocycles. The standard InChI is InChI=1S/C23H39NO2/c1-2-3-21-24-23(26)20-18-16-14-12-10-8-6-4-5-7-9-11-13-15-17-19-22-25/h5-8,11-14,25H,2-4,9-10,15-22H2,1H3,(H,24,26)/b7-5-,8-6-,13-11-,14-12-. The predicted octanol–water partition coefficient (Wildman–Crippen LogP) is 5.63. The Hall–Kier alpha value is -1.61. The SMILES string of the molecule is CCCCNC(=O)CCC/C=C\C/C=C\C/C=C\C/C=C\CCCCO. The predicted molar refractivity (Wildman–Crippen MR) is 113 cm³/mol. The fraction of sp³-hybridized carbons (Fsp3) is 0.609. The molecule has 0 saturated carbocycles. The Morgan fingerprint density at radius 2 is 1.31 bits per heavy atom. The highest BCUT2D eigenvalue weighted by Crippen LogP contribution is 2.00. The van der Waals surface area contributed by atoms with Crippen LogP contribution in [0.3, 0.4) is 0 Å². The molecule has 148 valence electrons. The average Bonchev–Trinajstić information content (AvgIpc) is 2.64. The van der Waals surface area contributed by atoms with Crippen LogP contribution in [0.1, 0.15) is 77.6 Å². The Kier molecular flexibility index (Phi) is 20.1. The number of amides is 1. The highest BCUT2D eigenvalue weighted by molar-refractivity contribution is 5.75. The molecular formula is C23H39NO2. The van der Waals surface area contributed by atoms with Crippen molar-refractivity contribution >= 4 is 5.91 Å². The lowest BCUT2D eigenvalue weighted by Gasteiger charge is -2.02. The Bertz CT molecular complexity index is 422. The van der Waals surface area contributed by atoms with Crippen LogP contribution in [0.2, 0.25) is 0 Å². The largest absolute Gasteiger partial charge is 0.396 e. The highest BCUT2D eigenvalue weighted by atomic mass is 16.2. The summed E-state index contributed by atoms with van der Waals surface area (Å²) in [5, 5.41) is 11.6. The maximum atomic E-state index is 11.5. The Morgan fingerprint density at radius 3 is 1.85 bits per heavy atom. The molecule has 0 aliphatic heterocycles. The van der Waals surface area contributed by atoms with Crippen molar-refractivity contribution < 1.29 is 9.90 Å². The van der Waals surface area contributed by atoms with Gasteiger partial charge in [0.15, 0.2) is 0 Å². The molecule has 0 heterocycles. The van der Waals surface area contributed by atoms with Gasteiger partial charge in [-0.1, -0.05) is 62.0 Å². The van der Waals surface area contributed by atoms with E-state index in [1.807, 2.05) is 0 Å². The lowest BCUT2D eigenvalue weighted by Crippen LogP contribution is -2.23. The van der Waals surface area contributed by atoms with E-state index < -0.39 is 0 Å². The summed E-state index contributed by atoms with van der Waals surface area (Å²) in [7, 11) is 0. The van der Waals surface area contributed by atoms with Gasteiger partial charge in [0.05, 0.1) is 0 Å². The number of rotatable bonds is 17. The lowest BCUT2D eigenvalue weighted by molar-refractivity contribution is -0.121. The molecule has 0 aromatic carbocycles. The number of aliphatic hydroxyl groups excluding tert-OH is 1. The molecule has 0 aliphatic carbocycles. The maximum absolute atomic E-state index is 11.5. The molecule has 3 nitrogen and oxygen atoms in total. The Balaban J connectivity index is 3.44. The molecule has 1 amide bonds. The number of nitrogens with one attached hydrogen (secondary N) is 1. The second-order valence-electron chi connectivity index (χ2n) is 6.41. The average molecular weight is 362 g/mol. The molecule has 0 rings (SSSR count). The molecule has 3 heteroatoms. The van der Waals surface area contributed by atoms with Crippen LogP contribution in [-0.4, -0.2) is 24.2 Å². The Morgan fingerprint density at radius 1 is 0.769 bits per heavy atom. The van der Waals surface area contributed by atoms with Gasteiger partial charge in [0.1, 0.15) is 0 Å². The summed E-state index contributed by atoms with van der Waals surface area (Å²) in [6.45, 7) is 3.24. The second-order valence-corrected chi connectivity index (χ2v) is 6.41. The van der Waals surface area contributed by atoms with Crippen molar-refractivity contribution in [1.82, 2.24) is 5.32 Å². The first kappa shape index (κ1) is 24.4. The van der Waals surface area contributed by atoms with Crippen LogP contribution in [0.5, 0.6) is 0 Å². The van der Waals surface area contributed by atoms with Gasteiger partial charge in [0.25, 0.3) is 0 Å². The van der Waals surface area contributed by atoms with E-state index in [0.717, 1.165) is 70.8 Å². The second kappa shape index (κ2) is 21.4. The van der Waals surface area contributed by atoms with Gasteiger partial charge in [0.2, 0.25) is 5.91 Å². The van der Waals surface area contributed by atoms with Crippen molar-refractivity contribution in [3.05, 3.63) is 48.6 Å². The molecule has 0 aromatic rings. The van der Waals surface area contributed by atoms with Crippen LogP contribution in [0.4, 0.5) is 0 Å². The summed E-state index contributed by atoms with van der Waals surface area (Å²) in [6.07, 6.45) is 28.1. The van der Waals surface area contributed by atoms with Crippen LogP contribution in [0.15, 0.2) is 48.6 Å². The first-order chi connectivity index (χ1) is 12.8. The van der Waals surface area contributed by atoms with Crippen LogP contribution in [0.25, 0.3) is 0 Å². The first-order valence-corrected chi connectivity index (χ1v) is 10.3. The molecular weight excluding hydrogens is 322 g/mol. The van der Waals surface area contributed by atoms with Gasteiger partial charge in [-0.05, 0) is 57.8 Å². The molecule has 0 atom stereocenters. The summed E-state index contributed by atoms with van der Waals surface area (Å²) in [5.41, 5.74) is 0. The first-order valence-electron chi connectivity index (χ1n) is 10.3. The fourth-order valence-electron chi connectivity index (χ4n) is 2.30. The maximum Gasteiger partial charge on any atom is 0.220 e. The zero-order valence-corrected chi connectivity index (χ0v) is 16.7. The summed E-state index contributed by atoms with van der Waals surface area (Å²) >= 11 is 0. The van der Waals surface area contributed by atoms with Crippen molar-refractivity contribution in [3.8, 4) is 0 Å². The van der Waals surface area contributed by atoms with E-state index in [2.05, 4.69) is 60.8 Å². The fourth-order valence-corrected chi connectivity index (χ4v) is 2.30. The van der Waals surface area contributed by atoms with Crippen LogP contribution >= 0.6 is 0 Å². The van der Waals surface area contributed by atoms with Crippen LogP contribution < -0.4 is 5.32 Å². The molecule has 0 aliphatic rings. The molecule has 0 fully saturated rings. The monoisotopic (exact) mass is 361 g/mol. The van der Waals surface area contributed by atoms with Crippen molar-refractivity contribution in [2.45, 2.75) is 77.6 Å². The van der Waals surface area contributed by atoms with Crippen LogP contribution in [-0.2, 0) is 4.79 Å². The minimum atomic E-state index is 0.179. The van der Waals surface area contributed by atoms with E-state index in [-0.39, 0.29) is 5.91 Å². The topological polar surface area (TPSA) is 49.3 Å². The van der Waals surface area contributed by atoms with Gasteiger partial charge in [0, 0.05) is 19.6 Å². The van der Waals surface area contributed by atoms with Gasteiger partial charge < -0.3 is 10.4 Å². The van der Waals surface area contributed by atoms with E-state index in [9.17, 15) is 4.79 Å². The normalized spacial score (nSPS) is 12.2. The number of hydrogen-bond acceptors (Lipinski definition) is 2. The van der Waals surface area contributed by atoms with Gasteiger partial charge in [-0.2, -0.15) is 0 Å². The molecule has 0 unspecified atom stereocenters. The van der Waals surface area contributed by atoms with E-state index in [4.69, 9.17) is 5.11 Å². The quantitative estimate of drug-likeness (QED) is 0.260. The van der Waals surface area contributed by atoms with Crippen LogP contribution in [0, 0.1) is 0 Å². The summed E-state index contributed by atoms with van der Waals surface area (Å²) in [6, 6.07) is 0. The summed E-state index contributed by atoms with van der Waals surface area (Å²) < 4.78 is 0. The van der Waals surface area contributed by atoms with E-state index in [0.29, 0.717) is 13.0 Å². The third-order valence-corrected chi connectivity index (χ3v) is 3.89. The van der Waals surface area contributed by atoms with Gasteiger partial charge >= 0.3 is 0 Å². The van der Waals surface area contributed by atoms with Crippen molar-refractivity contribution in [1.29, 1.82) is 0 Å². The van der Waals surface area contributed by atoms with Gasteiger partial charge in [-0.25, -0.2) is 0 Å². The molecule has 0 radical (unpaired) electrons. The number of hydrogen-bond donors (Lipinski definition) is 2. The van der Waals surface area contributed by atoms with E-state index in [1.54, 1.807) is 0 Å². The van der Waals surface area contributed by atoms with Crippen molar-refractivity contribution in [2.75, 3.05) is 13.2 Å². The third-order valence-electron chi connectivity index (χ3n) is 3.89. The smallest absolute Gasteiger partial charge is 0.220 e. The highest BCUT2D eigenvalue weighted by Gasteiger charge is 1.97. The minimum absolute atomic E-state index is 0.179. The Labute approximate surface area is 161 Å². The van der Waals surface area contributed by atoms with Gasteiger partial charge in [-0.3, -0.25) is 4.79 Å². The molecule has 0 bridgehead atoms. The van der Waals surface area contributed by atoms with E-state index >= 15 is 0 Å². The molecule has 2 N–H and O–H groups in total. The lowest BCUT2D eigenvalue weighted by atomic mass is 10.2. The third kappa shape index (κ3) is 20.4.